The summed E-state index contributed by atoms with van der Waals surface area (Å²) in [7, 11) is 0. The highest BCUT2D eigenvalue weighted by Crippen LogP contribution is 2.21. The molecule has 3 heteroatoms. The number of aromatic nitrogens is 1. The summed E-state index contributed by atoms with van der Waals surface area (Å²) in [6, 6.07) is 3.83. The lowest BCUT2D eigenvalue weighted by Crippen LogP contribution is -2.10. The van der Waals surface area contributed by atoms with Crippen LogP contribution in [0.15, 0.2) is 30.5 Å². The molecule has 82 valence electrons. The van der Waals surface area contributed by atoms with Crippen LogP contribution in [0.1, 0.15) is 20.8 Å². The molecular weight excluding hydrogens is 188 g/mol. The molecule has 0 aliphatic heterocycles. The van der Waals surface area contributed by atoms with Crippen LogP contribution in [0.2, 0.25) is 0 Å². The van der Waals surface area contributed by atoms with Crippen molar-refractivity contribution in [3.63, 3.8) is 0 Å². The molecule has 1 aromatic rings. The number of ether oxygens (including phenoxy) is 1. The highest BCUT2D eigenvalue weighted by molar-refractivity contribution is 5.52. The molecule has 1 rings (SSSR count). The topological polar surface area (TPSA) is 34.2 Å². The first kappa shape index (κ1) is 11.6. The van der Waals surface area contributed by atoms with Gasteiger partial charge in [0.25, 0.3) is 0 Å². The Morgan fingerprint density at radius 1 is 1.60 bits per heavy atom. The molecule has 0 atom stereocenters. The van der Waals surface area contributed by atoms with Crippen LogP contribution in [0.3, 0.4) is 0 Å². The van der Waals surface area contributed by atoms with Crippen molar-refractivity contribution in [1.82, 2.24) is 4.98 Å². The fraction of sp³-hybridized carbons (Fsp3) is 0.417. The molecular formula is C12H18N2O. The van der Waals surface area contributed by atoms with E-state index in [4.69, 9.17) is 4.74 Å². The molecule has 0 bridgehead atoms. The first-order valence-electron chi connectivity index (χ1n) is 5.09. The third-order valence-electron chi connectivity index (χ3n) is 1.70. The monoisotopic (exact) mass is 206 g/mol. The maximum Gasteiger partial charge on any atom is 0.237 e. The van der Waals surface area contributed by atoms with Crippen molar-refractivity contribution < 1.29 is 4.74 Å². The van der Waals surface area contributed by atoms with E-state index in [0.717, 1.165) is 17.8 Å². The third-order valence-corrected chi connectivity index (χ3v) is 1.70. The summed E-state index contributed by atoms with van der Waals surface area (Å²) in [6.07, 6.45) is 1.86. The molecule has 0 spiro atoms. The van der Waals surface area contributed by atoms with E-state index in [2.05, 4.69) is 16.9 Å². The molecule has 15 heavy (non-hydrogen) atoms. The van der Waals surface area contributed by atoms with Crippen LogP contribution in [0, 0.1) is 0 Å². The zero-order valence-corrected chi connectivity index (χ0v) is 9.58. The zero-order valence-electron chi connectivity index (χ0n) is 9.58. The second kappa shape index (κ2) is 5.39. The number of nitrogens with zero attached hydrogens (tertiary/aromatic N) is 1. The highest BCUT2D eigenvalue weighted by atomic mass is 16.5. The summed E-state index contributed by atoms with van der Waals surface area (Å²) in [4.78, 5) is 4.18. The van der Waals surface area contributed by atoms with Gasteiger partial charge in [-0.2, -0.15) is 0 Å². The van der Waals surface area contributed by atoms with Gasteiger partial charge in [0.1, 0.15) is 0 Å². The van der Waals surface area contributed by atoms with E-state index in [1.165, 1.54) is 0 Å². The average molecular weight is 206 g/mol. The quantitative estimate of drug-likeness (QED) is 0.752. The molecule has 0 radical (unpaired) electrons. The highest BCUT2D eigenvalue weighted by Gasteiger charge is 2.05. The number of anilines is 1. The zero-order chi connectivity index (χ0) is 11.3. The van der Waals surface area contributed by atoms with E-state index < -0.39 is 0 Å². The number of hydrogen-bond donors (Lipinski definition) is 1. The summed E-state index contributed by atoms with van der Waals surface area (Å²) < 4.78 is 5.57. The van der Waals surface area contributed by atoms with Gasteiger partial charge in [-0.1, -0.05) is 12.2 Å². The van der Waals surface area contributed by atoms with Gasteiger partial charge >= 0.3 is 0 Å². The van der Waals surface area contributed by atoms with Crippen molar-refractivity contribution in [3.05, 3.63) is 30.5 Å². The van der Waals surface area contributed by atoms with Crippen molar-refractivity contribution in [3.8, 4) is 5.88 Å². The van der Waals surface area contributed by atoms with Gasteiger partial charge in [-0.25, -0.2) is 4.98 Å². The Hall–Kier alpha value is -1.51. The molecule has 0 unspecified atom stereocenters. The van der Waals surface area contributed by atoms with Crippen LogP contribution in [-0.2, 0) is 0 Å². The molecule has 1 heterocycles. The molecule has 0 fully saturated rings. The Labute approximate surface area is 91.2 Å². The van der Waals surface area contributed by atoms with Crippen LogP contribution in [-0.4, -0.2) is 17.6 Å². The van der Waals surface area contributed by atoms with E-state index in [0.29, 0.717) is 5.88 Å². The Bertz CT molecular complexity index is 334. The SMILES string of the molecule is C=C(C)CNc1cccnc1OC(C)C. The predicted molar refractivity (Wildman–Crippen MR) is 63.3 cm³/mol. The van der Waals surface area contributed by atoms with E-state index in [9.17, 15) is 0 Å². The fourth-order valence-corrected chi connectivity index (χ4v) is 1.09. The lowest BCUT2D eigenvalue weighted by atomic mass is 10.3. The van der Waals surface area contributed by atoms with Gasteiger partial charge < -0.3 is 10.1 Å². The Balaban J connectivity index is 2.72. The van der Waals surface area contributed by atoms with Crippen LogP contribution in [0.5, 0.6) is 5.88 Å². The van der Waals surface area contributed by atoms with Crippen LogP contribution in [0.4, 0.5) is 5.69 Å². The average Bonchev–Trinajstić information content (AvgIpc) is 2.15. The predicted octanol–water partition coefficient (Wildman–Crippen LogP) is 2.86. The molecule has 0 aliphatic rings. The number of pyridine rings is 1. The van der Waals surface area contributed by atoms with Gasteiger partial charge in [-0.05, 0) is 32.9 Å². The van der Waals surface area contributed by atoms with Gasteiger partial charge in [0, 0.05) is 12.7 Å². The fourth-order valence-electron chi connectivity index (χ4n) is 1.09. The normalized spacial score (nSPS) is 10.1. The molecule has 1 N–H and O–H groups in total. The Kier molecular flexibility index (Phi) is 4.16. The van der Waals surface area contributed by atoms with Crippen molar-refractivity contribution in [2.24, 2.45) is 0 Å². The lowest BCUT2D eigenvalue weighted by molar-refractivity contribution is 0.234. The number of hydrogen-bond acceptors (Lipinski definition) is 3. The molecule has 0 saturated heterocycles. The maximum atomic E-state index is 5.57. The van der Waals surface area contributed by atoms with E-state index in [1.807, 2.05) is 32.9 Å². The smallest absolute Gasteiger partial charge is 0.237 e. The summed E-state index contributed by atoms with van der Waals surface area (Å²) in [5, 5.41) is 3.23. The van der Waals surface area contributed by atoms with Gasteiger partial charge in [0.15, 0.2) is 0 Å². The molecule has 0 amide bonds. The van der Waals surface area contributed by atoms with Crippen LogP contribution >= 0.6 is 0 Å². The van der Waals surface area contributed by atoms with Gasteiger partial charge in [0.05, 0.1) is 11.8 Å². The van der Waals surface area contributed by atoms with Crippen molar-refractivity contribution >= 4 is 5.69 Å². The van der Waals surface area contributed by atoms with Gasteiger partial charge in [-0.15, -0.1) is 0 Å². The second-order valence-electron chi connectivity index (χ2n) is 3.83. The molecule has 0 aromatic carbocycles. The largest absolute Gasteiger partial charge is 0.473 e. The molecule has 3 nitrogen and oxygen atoms in total. The first-order chi connectivity index (χ1) is 7.09. The Morgan fingerprint density at radius 3 is 2.93 bits per heavy atom. The number of nitrogens with one attached hydrogen (secondary N) is 1. The second-order valence-corrected chi connectivity index (χ2v) is 3.83. The summed E-state index contributed by atoms with van der Waals surface area (Å²) in [6.45, 7) is 10.5. The van der Waals surface area contributed by atoms with E-state index >= 15 is 0 Å². The van der Waals surface area contributed by atoms with E-state index in [1.54, 1.807) is 6.20 Å². The molecule has 1 aromatic heterocycles. The summed E-state index contributed by atoms with van der Waals surface area (Å²) >= 11 is 0. The molecule has 0 aliphatic carbocycles. The maximum absolute atomic E-state index is 5.57. The third kappa shape index (κ3) is 4.02. The van der Waals surface area contributed by atoms with Crippen LogP contribution in [0.25, 0.3) is 0 Å². The Morgan fingerprint density at radius 2 is 2.33 bits per heavy atom. The standard InChI is InChI=1S/C12H18N2O/c1-9(2)8-14-11-6-5-7-13-12(11)15-10(3)4/h5-7,10,14H,1,8H2,2-4H3. The number of rotatable bonds is 5. The molecule has 0 saturated carbocycles. The van der Waals surface area contributed by atoms with Crippen molar-refractivity contribution in [2.45, 2.75) is 26.9 Å². The summed E-state index contributed by atoms with van der Waals surface area (Å²) in [5.74, 6) is 0.647. The van der Waals surface area contributed by atoms with E-state index in [-0.39, 0.29) is 6.10 Å². The van der Waals surface area contributed by atoms with Gasteiger partial charge in [-0.3, -0.25) is 0 Å². The lowest BCUT2D eigenvalue weighted by Gasteiger charge is -2.13. The van der Waals surface area contributed by atoms with Crippen molar-refractivity contribution in [2.75, 3.05) is 11.9 Å². The minimum atomic E-state index is 0.130. The first-order valence-corrected chi connectivity index (χ1v) is 5.09. The minimum absolute atomic E-state index is 0.130. The van der Waals surface area contributed by atoms with Crippen molar-refractivity contribution in [1.29, 1.82) is 0 Å². The van der Waals surface area contributed by atoms with Crippen LogP contribution < -0.4 is 10.1 Å². The van der Waals surface area contributed by atoms with Gasteiger partial charge in [0.2, 0.25) is 5.88 Å². The summed E-state index contributed by atoms with van der Waals surface area (Å²) in [5.41, 5.74) is 1.99. The minimum Gasteiger partial charge on any atom is -0.473 e.